The van der Waals surface area contributed by atoms with Crippen molar-refractivity contribution in [3.63, 3.8) is 0 Å². The van der Waals surface area contributed by atoms with Gasteiger partial charge in [0.15, 0.2) is 5.69 Å². The largest absolute Gasteiger partial charge is 0.478 e. The average Bonchev–Trinajstić information content (AvgIpc) is 3.00. The van der Waals surface area contributed by atoms with Crippen molar-refractivity contribution in [3.8, 4) is 10.6 Å². The number of carbonyl (C=O) groups is 1. The van der Waals surface area contributed by atoms with E-state index in [4.69, 9.17) is 10.8 Å². The number of alkyl halides is 6. The molecule has 0 spiro atoms. The third kappa shape index (κ3) is 4.26. The SMILES string of the molecule is CC.Cc1c(N)c(C(=O)O)cc(C(F)(F)F)c1-c1nc(C(F)(F)F)cs1. The molecule has 2 aromatic rings. The van der Waals surface area contributed by atoms with Crippen LogP contribution in [0, 0.1) is 6.92 Å². The number of benzene rings is 1. The zero-order chi connectivity index (χ0) is 20.4. The quantitative estimate of drug-likeness (QED) is 0.518. The maximum atomic E-state index is 13.3. The smallest absolute Gasteiger partial charge is 0.434 e. The van der Waals surface area contributed by atoms with E-state index in [2.05, 4.69) is 4.98 Å². The standard InChI is InChI=1S/C13H8F6N2O2S.C2H6/c1-4-8(10-21-7(3-24-10)13(17,18)19)6(12(14,15)16)2-5(9(4)20)11(22)23;1-2/h2-3H,20H2,1H3,(H,22,23);1-2H3. The number of rotatable bonds is 2. The number of thiazole rings is 1. The topological polar surface area (TPSA) is 76.2 Å². The molecule has 0 atom stereocenters. The van der Waals surface area contributed by atoms with E-state index in [0.29, 0.717) is 22.8 Å². The van der Waals surface area contributed by atoms with Gasteiger partial charge in [-0.3, -0.25) is 0 Å². The molecule has 0 unspecified atom stereocenters. The van der Waals surface area contributed by atoms with Crippen molar-refractivity contribution in [3.05, 3.63) is 33.8 Å². The molecule has 0 aliphatic rings. The first-order valence-electron chi connectivity index (χ1n) is 7.10. The van der Waals surface area contributed by atoms with Gasteiger partial charge in [0.2, 0.25) is 0 Å². The summed E-state index contributed by atoms with van der Waals surface area (Å²) in [7, 11) is 0. The summed E-state index contributed by atoms with van der Waals surface area (Å²) in [5.41, 5.74) is 0.581. The number of nitrogen functional groups attached to an aromatic ring is 1. The average molecular weight is 400 g/mol. The number of aromatic nitrogens is 1. The van der Waals surface area contributed by atoms with Crippen LogP contribution in [-0.4, -0.2) is 16.1 Å². The molecule has 0 radical (unpaired) electrons. The second kappa shape index (κ2) is 7.52. The highest BCUT2D eigenvalue weighted by molar-refractivity contribution is 7.13. The van der Waals surface area contributed by atoms with Gasteiger partial charge in [-0.15, -0.1) is 11.3 Å². The summed E-state index contributed by atoms with van der Waals surface area (Å²) < 4.78 is 77.6. The number of hydrogen-bond acceptors (Lipinski definition) is 4. The highest BCUT2D eigenvalue weighted by Crippen LogP contribution is 2.44. The number of halogens is 6. The summed E-state index contributed by atoms with van der Waals surface area (Å²) in [5, 5.41) is 8.98. The van der Waals surface area contributed by atoms with Gasteiger partial charge >= 0.3 is 18.3 Å². The first-order chi connectivity index (χ1) is 11.8. The van der Waals surface area contributed by atoms with E-state index in [9.17, 15) is 31.1 Å². The van der Waals surface area contributed by atoms with E-state index in [0.717, 1.165) is 6.92 Å². The van der Waals surface area contributed by atoms with E-state index in [-0.39, 0.29) is 5.56 Å². The van der Waals surface area contributed by atoms with Gasteiger partial charge in [-0.1, -0.05) is 13.8 Å². The molecule has 1 aromatic heterocycles. The fourth-order valence-electron chi connectivity index (χ4n) is 2.03. The number of anilines is 1. The van der Waals surface area contributed by atoms with Crippen molar-refractivity contribution in [1.82, 2.24) is 4.98 Å². The predicted molar refractivity (Wildman–Crippen MR) is 85.0 cm³/mol. The summed E-state index contributed by atoms with van der Waals surface area (Å²) in [5.74, 6) is -1.68. The Morgan fingerprint density at radius 2 is 1.69 bits per heavy atom. The van der Waals surface area contributed by atoms with Crippen molar-refractivity contribution in [2.45, 2.75) is 33.1 Å². The number of aromatic carboxylic acids is 1. The van der Waals surface area contributed by atoms with Gasteiger partial charge in [-0.2, -0.15) is 26.3 Å². The second-order valence-electron chi connectivity index (χ2n) is 4.72. The lowest BCUT2D eigenvalue weighted by Gasteiger charge is -2.17. The zero-order valence-corrected chi connectivity index (χ0v) is 14.5. The third-order valence-corrected chi connectivity index (χ3v) is 4.03. The van der Waals surface area contributed by atoms with Gasteiger partial charge in [0.25, 0.3) is 0 Å². The summed E-state index contributed by atoms with van der Waals surface area (Å²) in [6, 6.07) is 0.300. The van der Waals surface area contributed by atoms with Crippen LogP contribution in [0.2, 0.25) is 0 Å². The van der Waals surface area contributed by atoms with Gasteiger partial charge < -0.3 is 10.8 Å². The molecule has 0 aliphatic heterocycles. The van der Waals surface area contributed by atoms with Crippen LogP contribution in [-0.2, 0) is 12.4 Å². The zero-order valence-electron chi connectivity index (χ0n) is 13.7. The van der Waals surface area contributed by atoms with Crippen LogP contribution >= 0.6 is 11.3 Å². The van der Waals surface area contributed by atoms with E-state index < -0.39 is 51.4 Å². The van der Waals surface area contributed by atoms with Crippen molar-refractivity contribution >= 4 is 23.0 Å². The van der Waals surface area contributed by atoms with Crippen LogP contribution in [0.1, 0.15) is 41.0 Å². The van der Waals surface area contributed by atoms with Crippen molar-refractivity contribution < 1.29 is 36.2 Å². The number of carboxylic acids is 1. The van der Waals surface area contributed by atoms with Crippen LogP contribution in [0.4, 0.5) is 32.0 Å². The van der Waals surface area contributed by atoms with Crippen LogP contribution in [0.15, 0.2) is 11.4 Å². The molecule has 3 N–H and O–H groups in total. The summed E-state index contributed by atoms with van der Waals surface area (Å²) in [6.45, 7) is 5.10. The summed E-state index contributed by atoms with van der Waals surface area (Å²) in [4.78, 5) is 14.2. The Balaban J connectivity index is 0.00000163. The molecule has 2 rings (SSSR count). The fraction of sp³-hybridized carbons (Fsp3) is 0.333. The van der Waals surface area contributed by atoms with Gasteiger partial charge in [0, 0.05) is 16.6 Å². The molecule has 144 valence electrons. The Morgan fingerprint density at radius 1 is 1.15 bits per heavy atom. The maximum Gasteiger partial charge on any atom is 0.434 e. The van der Waals surface area contributed by atoms with Gasteiger partial charge in [-0.05, 0) is 18.6 Å². The number of hydrogen-bond donors (Lipinski definition) is 2. The van der Waals surface area contributed by atoms with E-state index >= 15 is 0 Å². The van der Waals surface area contributed by atoms with Gasteiger partial charge in [0.1, 0.15) is 5.01 Å². The Bertz CT molecular complexity index is 812. The first-order valence-corrected chi connectivity index (χ1v) is 7.98. The highest BCUT2D eigenvalue weighted by Gasteiger charge is 2.39. The lowest BCUT2D eigenvalue weighted by atomic mass is 9.96. The Labute approximate surface area is 148 Å². The van der Waals surface area contributed by atoms with Crippen LogP contribution in [0.5, 0.6) is 0 Å². The molecular formula is C15H14F6N2O2S. The lowest BCUT2D eigenvalue weighted by Crippen LogP contribution is -2.14. The Morgan fingerprint density at radius 3 is 2.08 bits per heavy atom. The molecule has 0 bridgehead atoms. The minimum absolute atomic E-state index is 0.300. The molecule has 0 fully saturated rings. The number of carboxylic acid groups (broad SMARTS) is 1. The predicted octanol–water partition coefficient (Wildman–Crippen LogP) is 5.46. The molecule has 1 aromatic carbocycles. The van der Waals surface area contributed by atoms with Crippen LogP contribution in [0.25, 0.3) is 10.6 Å². The van der Waals surface area contributed by atoms with Crippen molar-refractivity contribution in [2.75, 3.05) is 5.73 Å². The molecule has 11 heteroatoms. The summed E-state index contributed by atoms with van der Waals surface area (Å²) >= 11 is 0.363. The van der Waals surface area contributed by atoms with Crippen LogP contribution < -0.4 is 5.73 Å². The Kier molecular flexibility index (Phi) is 6.29. The normalized spacial score (nSPS) is 11.7. The molecule has 0 aliphatic carbocycles. The monoisotopic (exact) mass is 400 g/mol. The molecule has 0 saturated heterocycles. The summed E-state index contributed by atoms with van der Waals surface area (Å²) in [6.07, 6.45) is -9.81. The molecule has 4 nitrogen and oxygen atoms in total. The van der Waals surface area contributed by atoms with E-state index in [1.165, 1.54) is 0 Å². The second-order valence-corrected chi connectivity index (χ2v) is 5.58. The molecule has 0 amide bonds. The molecule has 0 saturated carbocycles. The third-order valence-electron chi connectivity index (χ3n) is 3.17. The first kappa shape index (κ1) is 21.7. The number of nitrogens with two attached hydrogens (primary N) is 1. The van der Waals surface area contributed by atoms with Crippen molar-refractivity contribution in [1.29, 1.82) is 0 Å². The maximum absolute atomic E-state index is 13.3. The Hall–Kier alpha value is -2.30. The molecule has 26 heavy (non-hydrogen) atoms. The van der Waals surface area contributed by atoms with Crippen LogP contribution in [0.3, 0.4) is 0 Å². The van der Waals surface area contributed by atoms with Gasteiger partial charge in [0.05, 0.1) is 11.1 Å². The number of nitrogens with zero attached hydrogens (tertiary/aromatic N) is 1. The van der Waals surface area contributed by atoms with E-state index in [1.807, 2.05) is 13.8 Å². The minimum Gasteiger partial charge on any atom is -0.478 e. The fourth-order valence-corrected chi connectivity index (χ4v) is 2.97. The lowest BCUT2D eigenvalue weighted by molar-refractivity contribution is -0.140. The molecular weight excluding hydrogens is 386 g/mol. The molecule has 1 heterocycles. The van der Waals surface area contributed by atoms with Gasteiger partial charge in [-0.25, -0.2) is 9.78 Å². The highest BCUT2D eigenvalue weighted by atomic mass is 32.1. The van der Waals surface area contributed by atoms with E-state index in [1.54, 1.807) is 0 Å². The van der Waals surface area contributed by atoms with Crippen molar-refractivity contribution in [2.24, 2.45) is 0 Å². The minimum atomic E-state index is -5.00.